The summed E-state index contributed by atoms with van der Waals surface area (Å²) in [5.74, 6) is 3.11. The summed E-state index contributed by atoms with van der Waals surface area (Å²) in [5, 5.41) is 3.41. The van der Waals surface area contributed by atoms with Crippen molar-refractivity contribution in [2.75, 3.05) is 38.2 Å². The fourth-order valence-corrected chi connectivity index (χ4v) is 2.94. The second-order valence-corrected chi connectivity index (χ2v) is 5.48. The van der Waals surface area contributed by atoms with Crippen molar-refractivity contribution in [2.24, 2.45) is 5.92 Å². The minimum Gasteiger partial charge on any atom is -0.317 e. The van der Waals surface area contributed by atoms with Crippen LogP contribution in [0, 0.1) is 5.92 Å². The maximum absolute atomic E-state index is 3.74. The van der Waals surface area contributed by atoms with Gasteiger partial charge in [0, 0.05) is 30.6 Å². The Labute approximate surface area is 98.5 Å². The molecule has 1 saturated heterocycles. The van der Waals surface area contributed by atoms with E-state index in [1.54, 1.807) is 0 Å². The lowest BCUT2D eigenvalue weighted by Crippen LogP contribution is -2.47. The van der Waals surface area contributed by atoms with Crippen LogP contribution in [0.5, 0.6) is 0 Å². The number of thioether (sulfide) groups is 1. The maximum Gasteiger partial charge on any atom is 0.0114 e. The summed E-state index contributed by atoms with van der Waals surface area (Å²) in [4.78, 5) is 2.59. The molecule has 0 spiro atoms. The molecule has 1 heterocycles. The molecule has 1 aliphatic rings. The average molecular weight is 228 g/mol. The van der Waals surface area contributed by atoms with Gasteiger partial charge in [-0.3, -0.25) is 0 Å². The Morgan fingerprint density at radius 1 is 1.60 bits per heavy atom. The Balaban J connectivity index is 2.14. The van der Waals surface area contributed by atoms with Gasteiger partial charge in [0.15, 0.2) is 0 Å². The van der Waals surface area contributed by atoms with Crippen molar-refractivity contribution in [2.45, 2.75) is 19.4 Å². The molecule has 0 aliphatic carbocycles. The molecule has 0 saturated carbocycles. The Bertz CT molecular complexity index is 184. The standard InChI is InChI=1S/C12H24N2S/c1-4-8-15-9-7-14-6-5-12(13-3)11(2)10-14/h4,11-13H,1,5-10H2,2-3H3. The van der Waals surface area contributed by atoms with Crippen LogP contribution in [0.4, 0.5) is 0 Å². The maximum atomic E-state index is 3.74. The van der Waals surface area contributed by atoms with Crippen LogP contribution in [0.2, 0.25) is 0 Å². The third kappa shape index (κ3) is 4.58. The molecule has 88 valence electrons. The van der Waals surface area contributed by atoms with Gasteiger partial charge in [0.05, 0.1) is 0 Å². The van der Waals surface area contributed by atoms with Gasteiger partial charge in [-0.2, -0.15) is 11.8 Å². The minimum atomic E-state index is 0.724. The average Bonchev–Trinajstić information content (AvgIpc) is 2.25. The Morgan fingerprint density at radius 2 is 2.40 bits per heavy atom. The van der Waals surface area contributed by atoms with Crippen LogP contribution in [-0.2, 0) is 0 Å². The summed E-state index contributed by atoms with van der Waals surface area (Å²) in [6.45, 7) is 9.83. The van der Waals surface area contributed by atoms with Gasteiger partial charge in [-0.1, -0.05) is 13.0 Å². The van der Waals surface area contributed by atoms with Crippen molar-refractivity contribution in [3.05, 3.63) is 12.7 Å². The summed E-state index contributed by atoms with van der Waals surface area (Å²) >= 11 is 1.98. The second-order valence-electron chi connectivity index (χ2n) is 4.33. The molecule has 0 radical (unpaired) electrons. The van der Waals surface area contributed by atoms with Gasteiger partial charge in [0.1, 0.15) is 0 Å². The van der Waals surface area contributed by atoms with E-state index in [0.29, 0.717) is 0 Å². The van der Waals surface area contributed by atoms with Crippen LogP contribution < -0.4 is 5.32 Å². The van der Waals surface area contributed by atoms with Gasteiger partial charge in [0.25, 0.3) is 0 Å². The molecule has 0 amide bonds. The van der Waals surface area contributed by atoms with Gasteiger partial charge in [-0.15, -0.1) is 6.58 Å². The van der Waals surface area contributed by atoms with E-state index < -0.39 is 0 Å². The molecule has 15 heavy (non-hydrogen) atoms. The quantitative estimate of drug-likeness (QED) is 0.551. The number of hydrogen-bond donors (Lipinski definition) is 1. The van der Waals surface area contributed by atoms with Crippen LogP contribution in [0.15, 0.2) is 12.7 Å². The molecule has 0 aromatic heterocycles. The summed E-state index contributed by atoms with van der Waals surface area (Å²) in [6, 6.07) is 0.724. The first-order valence-electron chi connectivity index (χ1n) is 5.86. The first kappa shape index (κ1) is 13.1. The smallest absolute Gasteiger partial charge is 0.0114 e. The fourth-order valence-electron chi connectivity index (χ4n) is 2.22. The van der Waals surface area contributed by atoms with Crippen LogP contribution in [0.1, 0.15) is 13.3 Å². The van der Waals surface area contributed by atoms with Crippen molar-refractivity contribution >= 4 is 11.8 Å². The van der Waals surface area contributed by atoms with E-state index in [0.717, 1.165) is 17.7 Å². The highest BCUT2D eigenvalue weighted by Crippen LogP contribution is 2.16. The molecule has 2 atom stereocenters. The summed E-state index contributed by atoms with van der Waals surface area (Å²) in [6.07, 6.45) is 3.28. The molecular weight excluding hydrogens is 204 g/mol. The number of likely N-dealkylation sites (tertiary alicyclic amines) is 1. The molecule has 0 bridgehead atoms. The Hall–Kier alpha value is 0.01000. The fraction of sp³-hybridized carbons (Fsp3) is 0.833. The van der Waals surface area contributed by atoms with E-state index in [2.05, 4.69) is 30.8 Å². The number of piperidine rings is 1. The monoisotopic (exact) mass is 228 g/mol. The number of nitrogens with one attached hydrogen (secondary N) is 1. The zero-order valence-electron chi connectivity index (χ0n) is 10.0. The molecule has 1 fully saturated rings. The number of rotatable bonds is 6. The highest BCUT2D eigenvalue weighted by Gasteiger charge is 2.23. The van der Waals surface area contributed by atoms with Crippen LogP contribution in [0.3, 0.4) is 0 Å². The minimum absolute atomic E-state index is 0.724. The van der Waals surface area contributed by atoms with Gasteiger partial charge >= 0.3 is 0 Å². The van der Waals surface area contributed by atoms with Crippen LogP contribution in [0.25, 0.3) is 0 Å². The predicted octanol–water partition coefficient (Wildman–Crippen LogP) is 1.84. The number of hydrogen-bond acceptors (Lipinski definition) is 3. The topological polar surface area (TPSA) is 15.3 Å². The van der Waals surface area contributed by atoms with Gasteiger partial charge in [-0.25, -0.2) is 0 Å². The van der Waals surface area contributed by atoms with Crippen molar-refractivity contribution in [3.63, 3.8) is 0 Å². The molecule has 1 aliphatic heterocycles. The van der Waals surface area contributed by atoms with Gasteiger partial charge in [-0.05, 0) is 25.9 Å². The summed E-state index contributed by atoms with van der Waals surface area (Å²) in [7, 11) is 2.08. The van der Waals surface area contributed by atoms with E-state index in [4.69, 9.17) is 0 Å². The first-order chi connectivity index (χ1) is 7.27. The zero-order chi connectivity index (χ0) is 11.1. The van der Waals surface area contributed by atoms with Crippen molar-refractivity contribution in [1.29, 1.82) is 0 Å². The second kappa shape index (κ2) is 7.31. The lowest BCUT2D eigenvalue weighted by atomic mass is 9.94. The first-order valence-corrected chi connectivity index (χ1v) is 7.01. The van der Waals surface area contributed by atoms with Crippen LogP contribution in [-0.4, -0.2) is 49.1 Å². The lowest BCUT2D eigenvalue weighted by Gasteiger charge is -2.36. The molecule has 1 rings (SSSR count). The SMILES string of the molecule is C=CCSCCN1CCC(NC)C(C)C1. The van der Waals surface area contributed by atoms with Crippen LogP contribution >= 0.6 is 11.8 Å². The van der Waals surface area contributed by atoms with Crippen molar-refractivity contribution in [3.8, 4) is 0 Å². The zero-order valence-corrected chi connectivity index (χ0v) is 10.9. The third-order valence-corrected chi connectivity index (χ3v) is 4.09. The highest BCUT2D eigenvalue weighted by molar-refractivity contribution is 7.99. The summed E-state index contributed by atoms with van der Waals surface area (Å²) in [5.41, 5.74) is 0. The van der Waals surface area contributed by atoms with Gasteiger partial charge in [0.2, 0.25) is 0 Å². The van der Waals surface area contributed by atoms with Crippen molar-refractivity contribution < 1.29 is 0 Å². The number of nitrogens with zero attached hydrogens (tertiary/aromatic N) is 1. The Morgan fingerprint density at radius 3 is 3.00 bits per heavy atom. The molecule has 2 nitrogen and oxygen atoms in total. The normalized spacial score (nSPS) is 27.9. The highest BCUT2D eigenvalue weighted by atomic mass is 32.2. The predicted molar refractivity (Wildman–Crippen MR) is 70.6 cm³/mol. The van der Waals surface area contributed by atoms with E-state index in [9.17, 15) is 0 Å². The van der Waals surface area contributed by atoms with E-state index in [1.807, 2.05) is 17.8 Å². The van der Waals surface area contributed by atoms with E-state index in [-0.39, 0.29) is 0 Å². The van der Waals surface area contributed by atoms with Gasteiger partial charge < -0.3 is 10.2 Å². The van der Waals surface area contributed by atoms with E-state index >= 15 is 0 Å². The summed E-state index contributed by atoms with van der Waals surface area (Å²) < 4.78 is 0. The molecular formula is C12H24N2S. The lowest BCUT2D eigenvalue weighted by molar-refractivity contribution is 0.159. The molecule has 0 aromatic rings. The molecule has 2 unspecified atom stereocenters. The van der Waals surface area contributed by atoms with E-state index in [1.165, 1.54) is 31.8 Å². The molecule has 0 aromatic carbocycles. The Kier molecular flexibility index (Phi) is 6.37. The molecule has 3 heteroatoms. The third-order valence-electron chi connectivity index (χ3n) is 3.15. The largest absolute Gasteiger partial charge is 0.317 e. The van der Waals surface area contributed by atoms with Crippen molar-refractivity contribution in [1.82, 2.24) is 10.2 Å². The molecule has 1 N–H and O–H groups in total.